The maximum Gasteiger partial charge on any atom is 0.263 e. The lowest BCUT2D eigenvalue weighted by Gasteiger charge is -2.35. The summed E-state index contributed by atoms with van der Waals surface area (Å²) < 4.78 is 28.8. The van der Waals surface area contributed by atoms with Crippen molar-refractivity contribution in [3.8, 4) is 5.75 Å². The molecule has 0 saturated heterocycles. The van der Waals surface area contributed by atoms with E-state index in [1.54, 1.807) is 0 Å². The van der Waals surface area contributed by atoms with Gasteiger partial charge in [0.2, 0.25) is 7.37 Å². The van der Waals surface area contributed by atoms with Gasteiger partial charge >= 0.3 is 0 Å². The van der Waals surface area contributed by atoms with Gasteiger partial charge < -0.3 is 29.1 Å². The van der Waals surface area contributed by atoms with Crippen LogP contribution >= 0.6 is 15.0 Å². The molecule has 0 aliphatic rings. The van der Waals surface area contributed by atoms with Crippen LogP contribution in [0.3, 0.4) is 0 Å². The Bertz CT molecular complexity index is 510. The molecule has 0 aromatic carbocycles. The van der Waals surface area contributed by atoms with Crippen LogP contribution in [0.1, 0.15) is 0 Å². The van der Waals surface area contributed by atoms with Crippen LogP contribution in [0.5, 0.6) is 5.75 Å². The number of rotatable bonds is 5. The molecule has 0 amide bonds. The maximum atomic E-state index is 11.5. The lowest BCUT2D eigenvalue weighted by atomic mass is 10.4. The van der Waals surface area contributed by atoms with Gasteiger partial charge in [-0.25, -0.2) is 4.57 Å². The standard InChI is InChI=1S/C9H15NO7P2/c1-17-8-3-5-10(6-4-8)7-9(11,18(2,12)13)19(14,15)16/h3-6,11H,7H2,1-2H3,(H2-,12,13,14,15,16). The second-order valence-corrected chi connectivity index (χ2v) is 8.72. The zero-order valence-corrected chi connectivity index (χ0v) is 12.1. The van der Waals surface area contributed by atoms with Gasteiger partial charge in [-0.1, -0.05) is 0 Å². The first-order valence-electron chi connectivity index (χ1n) is 5.11. The van der Waals surface area contributed by atoms with Crippen LogP contribution in [0.25, 0.3) is 0 Å². The molecule has 0 bridgehead atoms. The van der Waals surface area contributed by atoms with E-state index in [0.717, 1.165) is 4.57 Å². The second-order valence-electron chi connectivity index (χ2n) is 4.08. The zero-order chi connectivity index (χ0) is 14.9. The molecule has 3 unspecified atom stereocenters. The minimum atomic E-state index is -5.45. The number of aliphatic hydroxyl groups is 1. The van der Waals surface area contributed by atoms with Crippen LogP contribution < -0.4 is 14.2 Å². The molecule has 8 nitrogen and oxygen atoms in total. The van der Waals surface area contributed by atoms with Crippen molar-refractivity contribution in [1.29, 1.82) is 0 Å². The third-order valence-corrected chi connectivity index (χ3v) is 7.00. The molecule has 0 saturated carbocycles. The predicted molar refractivity (Wildman–Crippen MR) is 63.7 cm³/mol. The van der Waals surface area contributed by atoms with Gasteiger partial charge in [0.1, 0.15) is 5.75 Å². The molecule has 1 aromatic heterocycles. The molecule has 0 spiro atoms. The van der Waals surface area contributed by atoms with Crippen molar-refractivity contribution >= 4 is 15.0 Å². The molecule has 0 aliphatic carbocycles. The highest BCUT2D eigenvalue weighted by Gasteiger charge is 2.54. The average Bonchev–Trinajstić information content (AvgIpc) is 2.27. The smallest absolute Gasteiger partial charge is 0.263 e. The van der Waals surface area contributed by atoms with E-state index in [4.69, 9.17) is 9.63 Å². The summed E-state index contributed by atoms with van der Waals surface area (Å²) in [6.45, 7) is -0.115. The fourth-order valence-electron chi connectivity index (χ4n) is 1.39. The second kappa shape index (κ2) is 5.32. The van der Waals surface area contributed by atoms with E-state index in [2.05, 4.69) is 0 Å². The summed E-state index contributed by atoms with van der Waals surface area (Å²) in [6.07, 6.45) is 2.68. The summed E-state index contributed by atoms with van der Waals surface area (Å²) in [7, 11) is -8.53. The molecule has 0 fully saturated rings. The van der Waals surface area contributed by atoms with Crippen LogP contribution in [-0.4, -0.2) is 33.8 Å². The molecule has 0 aliphatic heterocycles. The fraction of sp³-hybridized carbons (Fsp3) is 0.444. The summed E-state index contributed by atoms with van der Waals surface area (Å²) in [5.41, 5.74) is 0. The Balaban J connectivity index is 3.16. The van der Waals surface area contributed by atoms with Crippen LogP contribution in [0, 0.1) is 0 Å². The molecule has 19 heavy (non-hydrogen) atoms. The molecule has 10 heteroatoms. The van der Waals surface area contributed by atoms with Gasteiger partial charge in [-0.15, -0.1) is 0 Å². The van der Waals surface area contributed by atoms with Gasteiger partial charge in [0.05, 0.1) is 7.11 Å². The monoisotopic (exact) mass is 311 g/mol. The third kappa shape index (κ3) is 3.42. The highest BCUT2D eigenvalue weighted by atomic mass is 31.2. The highest BCUT2D eigenvalue weighted by Crippen LogP contribution is 2.65. The molecule has 3 atom stereocenters. The topological polar surface area (TPSA) is 131 Å². The number of methoxy groups -OCH3 is 1. The van der Waals surface area contributed by atoms with Crippen molar-refractivity contribution < 1.29 is 38.2 Å². The Labute approximate surface area is 109 Å². The molecule has 108 valence electrons. The summed E-state index contributed by atoms with van der Waals surface area (Å²) in [6, 6.07) is 2.93. The van der Waals surface area contributed by atoms with Gasteiger partial charge in [-0.05, 0) is 0 Å². The minimum Gasteiger partial charge on any atom is -0.776 e. The van der Waals surface area contributed by atoms with E-state index in [-0.39, 0.29) is 0 Å². The number of pyridine rings is 1. The number of hydrogen-bond acceptors (Lipinski definition) is 5. The van der Waals surface area contributed by atoms with Crippen LogP contribution in [0.15, 0.2) is 24.5 Å². The van der Waals surface area contributed by atoms with Crippen molar-refractivity contribution in [2.45, 2.75) is 11.6 Å². The summed E-state index contributed by atoms with van der Waals surface area (Å²) >= 11 is 0. The van der Waals surface area contributed by atoms with Crippen LogP contribution in [0.2, 0.25) is 0 Å². The van der Waals surface area contributed by atoms with Crippen LogP contribution in [0.4, 0.5) is 0 Å². The lowest BCUT2D eigenvalue weighted by Crippen LogP contribution is -2.48. The van der Waals surface area contributed by atoms with Gasteiger partial charge in [0.15, 0.2) is 26.5 Å². The Morgan fingerprint density at radius 2 is 1.84 bits per heavy atom. The van der Waals surface area contributed by atoms with Crippen molar-refractivity contribution in [3.63, 3.8) is 0 Å². The van der Waals surface area contributed by atoms with Gasteiger partial charge in [-0.3, -0.25) is 4.57 Å². The normalized spacial score (nSPS) is 20.9. The first-order chi connectivity index (χ1) is 8.51. The van der Waals surface area contributed by atoms with E-state index in [1.165, 1.54) is 31.6 Å². The minimum absolute atomic E-state index is 0.484. The Morgan fingerprint density at radius 3 is 2.16 bits per heavy atom. The molecule has 0 radical (unpaired) electrons. The van der Waals surface area contributed by atoms with E-state index in [9.17, 15) is 24.0 Å². The first kappa shape index (κ1) is 16.3. The first-order valence-corrected chi connectivity index (χ1v) is 8.79. The highest BCUT2D eigenvalue weighted by molar-refractivity contribution is 7.74. The largest absolute Gasteiger partial charge is 0.776 e. The van der Waals surface area contributed by atoms with E-state index >= 15 is 0 Å². The molecular formula is C9H15NO7P2. The van der Waals surface area contributed by atoms with E-state index in [0.29, 0.717) is 12.4 Å². The maximum absolute atomic E-state index is 11.5. The lowest BCUT2D eigenvalue weighted by molar-refractivity contribution is -0.703. The molecule has 1 rings (SSSR count). The average molecular weight is 311 g/mol. The Morgan fingerprint density at radius 1 is 1.37 bits per heavy atom. The Kier molecular flexibility index (Phi) is 4.57. The summed E-state index contributed by atoms with van der Waals surface area (Å²) in [4.78, 5) is 29.6. The number of nitrogens with zero attached hydrogens (tertiary/aromatic N) is 1. The SMILES string of the molecule is COc1cc[n+](CC(O)(P(C)(=O)O)P(=O)([O-])O)cc1. The Hall–Kier alpha value is -0.750. The summed E-state index contributed by atoms with van der Waals surface area (Å²) in [5, 5.41) is 6.73. The van der Waals surface area contributed by atoms with Gasteiger partial charge in [-0.2, -0.15) is 0 Å². The van der Waals surface area contributed by atoms with Crippen molar-refractivity contribution in [2.75, 3.05) is 13.8 Å². The van der Waals surface area contributed by atoms with Crippen molar-refractivity contribution in [2.24, 2.45) is 0 Å². The summed E-state index contributed by atoms with van der Waals surface area (Å²) in [5.74, 6) is 0.484. The van der Waals surface area contributed by atoms with E-state index in [1.807, 2.05) is 0 Å². The molecule has 3 N–H and O–H groups in total. The number of hydrogen-bond donors (Lipinski definition) is 3. The van der Waals surface area contributed by atoms with Gasteiger partial charge in [0.25, 0.3) is 5.08 Å². The number of ether oxygens (including phenoxy) is 1. The molecule has 1 aromatic rings. The predicted octanol–water partition coefficient (Wildman–Crippen LogP) is -0.925. The number of aromatic nitrogens is 1. The molecule has 1 heterocycles. The fourth-order valence-corrected chi connectivity index (χ4v) is 4.03. The van der Waals surface area contributed by atoms with E-state index < -0.39 is 26.6 Å². The van der Waals surface area contributed by atoms with Crippen LogP contribution in [-0.2, 0) is 15.7 Å². The quantitative estimate of drug-likeness (QED) is 0.473. The zero-order valence-electron chi connectivity index (χ0n) is 10.3. The third-order valence-electron chi connectivity index (χ3n) is 2.61. The molecular weight excluding hydrogens is 296 g/mol. The van der Waals surface area contributed by atoms with Crippen molar-refractivity contribution in [3.05, 3.63) is 24.5 Å². The van der Waals surface area contributed by atoms with Gasteiger partial charge in [0, 0.05) is 18.8 Å². The van der Waals surface area contributed by atoms with Crippen molar-refractivity contribution in [1.82, 2.24) is 0 Å².